The largest absolute Gasteiger partial charge is 0.489 e. The molecule has 0 atom stereocenters. The van der Waals surface area contributed by atoms with Crippen LogP contribution in [0, 0.1) is 13.8 Å². The minimum Gasteiger partial charge on any atom is -0.489 e. The van der Waals surface area contributed by atoms with Gasteiger partial charge in [0.05, 0.1) is 29.4 Å². The molecule has 0 aliphatic rings. The molecule has 178 valence electrons. The number of benzene rings is 2. The molecule has 1 aromatic heterocycles. The van der Waals surface area contributed by atoms with Crippen molar-refractivity contribution in [1.82, 2.24) is 4.31 Å². The van der Waals surface area contributed by atoms with Crippen molar-refractivity contribution in [3.05, 3.63) is 53.3 Å². The first-order valence-electron chi connectivity index (χ1n) is 11.1. The summed E-state index contributed by atoms with van der Waals surface area (Å²) >= 11 is 0. The topological polar surface area (TPSA) is 88.9 Å². The van der Waals surface area contributed by atoms with Gasteiger partial charge in [-0.15, -0.1) is 0 Å². The molecular weight excluding hydrogens is 440 g/mol. The molecule has 0 saturated carbocycles. The number of sulfonamides is 1. The molecule has 2 aromatic carbocycles. The number of hydrogen-bond acceptors (Lipinski definition) is 5. The van der Waals surface area contributed by atoms with Gasteiger partial charge in [-0.3, -0.25) is 4.79 Å². The molecule has 3 aromatic rings. The van der Waals surface area contributed by atoms with Gasteiger partial charge in [0.2, 0.25) is 15.9 Å². The second-order valence-corrected chi connectivity index (χ2v) is 10.3. The zero-order valence-electron chi connectivity index (χ0n) is 20.1. The predicted molar refractivity (Wildman–Crippen MR) is 130 cm³/mol. The van der Waals surface area contributed by atoms with Crippen LogP contribution >= 0.6 is 0 Å². The molecule has 8 heteroatoms. The number of hydrogen-bond donors (Lipinski definition) is 1. The van der Waals surface area contributed by atoms with E-state index in [1.165, 1.54) is 16.4 Å². The number of fused-ring (bicyclic) bond motifs is 1. The highest BCUT2D eigenvalue weighted by atomic mass is 32.2. The van der Waals surface area contributed by atoms with Crippen LogP contribution in [0.2, 0.25) is 0 Å². The number of carbonyl (C=O) groups is 1. The highest BCUT2D eigenvalue weighted by Crippen LogP contribution is 2.31. The van der Waals surface area contributed by atoms with Crippen molar-refractivity contribution in [2.45, 2.75) is 59.0 Å². The molecule has 0 bridgehead atoms. The van der Waals surface area contributed by atoms with Gasteiger partial charge in [-0.25, -0.2) is 8.42 Å². The van der Waals surface area contributed by atoms with Crippen molar-refractivity contribution >= 4 is 32.6 Å². The maximum absolute atomic E-state index is 13.0. The van der Waals surface area contributed by atoms with Gasteiger partial charge in [-0.05, 0) is 69.2 Å². The van der Waals surface area contributed by atoms with Gasteiger partial charge in [0, 0.05) is 24.0 Å². The Morgan fingerprint density at radius 3 is 2.39 bits per heavy atom. The van der Waals surface area contributed by atoms with Gasteiger partial charge in [0.1, 0.15) is 11.3 Å². The Kier molecular flexibility index (Phi) is 7.49. The standard InChI is InChI=1S/C25H32N2O5S/c1-7-27(8-2)33(29,30)20-9-10-23(32-16(3)4)22(14-20)26-25(28)13-19-15-31-24-12-18(6)17(5)11-21(19)24/h9-12,14-16H,7-8,13H2,1-6H3,(H,26,28). The maximum Gasteiger partial charge on any atom is 0.243 e. The van der Waals surface area contributed by atoms with E-state index in [4.69, 9.17) is 9.15 Å². The molecule has 1 heterocycles. The first kappa shape index (κ1) is 24.8. The Balaban J connectivity index is 1.92. The van der Waals surface area contributed by atoms with Crippen molar-refractivity contribution in [2.75, 3.05) is 18.4 Å². The lowest BCUT2D eigenvalue weighted by atomic mass is 10.0. The zero-order chi connectivity index (χ0) is 24.3. The Morgan fingerprint density at radius 1 is 1.09 bits per heavy atom. The summed E-state index contributed by atoms with van der Waals surface area (Å²) in [7, 11) is -3.68. The van der Waals surface area contributed by atoms with E-state index < -0.39 is 10.0 Å². The van der Waals surface area contributed by atoms with Crippen LogP contribution in [-0.4, -0.2) is 37.8 Å². The molecule has 0 radical (unpaired) electrons. The molecule has 1 N–H and O–H groups in total. The van der Waals surface area contributed by atoms with E-state index in [1.807, 2.05) is 39.8 Å². The minimum absolute atomic E-state index is 0.0869. The number of nitrogens with one attached hydrogen (secondary N) is 1. The third-order valence-electron chi connectivity index (χ3n) is 5.55. The third-order valence-corrected chi connectivity index (χ3v) is 7.60. The highest BCUT2D eigenvalue weighted by molar-refractivity contribution is 7.89. The first-order chi connectivity index (χ1) is 15.6. The fourth-order valence-electron chi connectivity index (χ4n) is 3.68. The SMILES string of the molecule is CCN(CC)S(=O)(=O)c1ccc(OC(C)C)c(NC(=O)Cc2coc3cc(C)c(C)cc23)c1. The number of furan rings is 1. The van der Waals surface area contributed by atoms with E-state index in [1.54, 1.807) is 26.2 Å². The van der Waals surface area contributed by atoms with Gasteiger partial charge in [0.15, 0.2) is 0 Å². The summed E-state index contributed by atoms with van der Waals surface area (Å²) in [5.41, 5.74) is 4.06. The van der Waals surface area contributed by atoms with Gasteiger partial charge >= 0.3 is 0 Å². The number of nitrogens with zero attached hydrogens (tertiary/aromatic N) is 1. The summed E-state index contributed by atoms with van der Waals surface area (Å²) in [6.07, 6.45) is 1.54. The zero-order valence-corrected chi connectivity index (χ0v) is 20.9. The summed E-state index contributed by atoms with van der Waals surface area (Å²) in [6, 6.07) is 8.54. The van der Waals surface area contributed by atoms with Crippen molar-refractivity contribution in [3.8, 4) is 5.75 Å². The van der Waals surface area contributed by atoms with E-state index >= 15 is 0 Å². The van der Waals surface area contributed by atoms with Crippen LogP contribution in [0.5, 0.6) is 5.75 Å². The lowest BCUT2D eigenvalue weighted by Crippen LogP contribution is -2.30. The molecule has 3 rings (SSSR count). The van der Waals surface area contributed by atoms with E-state index in [0.717, 1.165) is 27.7 Å². The Morgan fingerprint density at radius 2 is 1.76 bits per heavy atom. The number of rotatable bonds is 9. The molecule has 0 fully saturated rings. The minimum atomic E-state index is -3.68. The summed E-state index contributed by atoms with van der Waals surface area (Å²) in [6.45, 7) is 12.1. The van der Waals surface area contributed by atoms with Crippen molar-refractivity contribution < 1.29 is 22.4 Å². The van der Waals surface area contributed by atoms with Crippen LogP contribution in [0.1, 0.15) is 44.4 Å². The van der Waals surface area contributed by atoms with E-state index in [2.05, 4.69) is 5.32 Å². The molecule has 0 saturated heterocycles. The molecule has 0 aliphatic carbocycles. The van der Waals surface area contributed by atoms with Gasteiger partial charge in [-0.1, -0.05) is 13.8 Å². The van der Waals surface area contributed by atoms with E-state index in [0.29, 0.717) is 24.5 Å². The molecule has 0 spiro atoms. The quantitative estimate of drug-likeness (QED) is 0.471. The molecular formula is C25H32N2O5S. The molecule has 7 nitrogen and oxygen atoms in total. The third kappa shape index (κ3) is 5.39. The Bertz CT molecular complexity index is 1260. The van der Waals surface area contributed by atoms with E-state index in [-0.39, 0.29) is 23.3 Å². The molecule has 1 amide bonds. The monoisotopic (exact) mass is 472 g/mol. The summed E-state index contributed by atoms with van der Waals surface area (Å²) < 4.78 is 38.8. The number of ether oxygens (including phenoxy) is 1. The van der Waals surface area contributed by atoms with Crippen LogP contribution in [-0.2, 0) is 21.2 Å². The van der Waals surface area contributed by atoms with Crippen LogP contribution in [0.3, 0.4) is 0 Å². The molecule has 33 heavy (non-hydrogen) atoms. The molecule has 0 unspecified atom stereocenters. The van der Waals surface area contributed by atoms with Gasteiger partial charge < -0.3 is 14.5 Å². The predicted octanol–water partition coefficient (Wildman–Crippen LogP) is 5.05. The van der Waals surface area contributed by atoms with Crippen molar-refractivity contribution in [2.24, 2.45) is 0 Å². The Hall–Kier alpha value is -2.84. The fourth-order valence-corrected chi connectivity index (χ4v) is 5.16. The van der Waals surface area contributed by atoms with Gasteiger partial charge in [0.25, 0.3) is 0 Å². The van der Waals surface area contributed by atoms with E-state index in [9.17, 15) is 13.2 Å². The van der Waals surface area contributed by atoms with Crippen molar-refractivity contribution in [1.29, 1.82) is 0 Å². The number of aryl methyl sites for hydroxylation is 2. The lowest BCUT2D eigenvalue weighted by molar-refractivity contribution is -0.115. The van der Waals surface area contributed by atoms with Crippen LogP contribution in [0.25, 0.3) is 11.0 Å². The highest BCUT2D eigenvalue weighted by Gasteiger charge is 2.24. The fraction of sp³-hybridized carbons (Fsp3) is 0.400. The second-order valence-electron chi connectivity index (χ2n) is 8.33. The smallest absolute Gasteiger partial charge is 0.243 e. The van der Waals surface area contributed by atoms with Gasteiger partial charge in [-0.2, -0.15) is 4.31 Å². The average molecular weight is 473 g/mol. The summed E-state index contributed by atoms with van der Waals surface area (Å²) in [5.74, 6) is 0.127. The first-order valence-corrected chi connectivity index (χ1v) is 12.6. The summed E-state index contributed by atoms with van der Waals surface area (Å²) in [4.78, 5) is 13.1. The van der Waals surface area contributed by atoms with Crippen LogP contribution in [0.4, 0.5) is 5.69 Å². The number of amides is 1. The normalized spacial score (nSPS) is 12.0. The maximum atomic E-state index is 13.0. The van der Waals surface area contributed by atoms with Crippen LogP contribution < -0.4 is 10.1 Å². The van der Waals surface area contributed by atoms with Crippen molar-refractivity contribution in [3.63, 3.8) is 0 Å². The Labute approximate surface area is 195 Å². The number of carbonyl (C=O) groups excluding carboxylic acids is 1. The van der Waals surface area contributed by atoms with Crippen LogP contribution in [0.15, 0.2) is 45.9 Å². The summed E-state index contributed by atoms with van der Waals surface area (Å²) in [5, 5.41) is 3.74. The molecule has 0 aliphatic heterocycles. The second kappa shape index (κ2) is 9.97. The number of anilines is 1. The lowest BCUT2D eigenvalue weighted by Gasteiger charge is -2.20. The average Bonchev–Trinajstić information content (AvgIpc) is 3.11.